The summed E-state index contributed by atoms with van der Waals surface area (Å²) in [6.45, 7) is 4.84. The molecule has 2 atom stereocenters. The van der Waals surface area contributed by atoms with Crippen molar-refractivity contribution in [3.8, 4) is 0 Å². The van der Waals surface area contributed by atoms with E-state index in [4.69, 9.17) is 15.9 Å². The first-order chi connectivity index (χ1) is 12.3. The quantitative estimate of drug-likeness (QED) is 0.689. The van der Waals surface area contributed by atoms with Gasteiger partial charge in [0.15, 0.2) is 5.76 Å². The molecule has 0 amide bonds. The Balaban J connectivity index is 1.86. The lowest BCUT2D eigenvalue weighted by Gasteiger charge is -2.24. The Morgan fingerprint density at radius 2 is 2.23 bits per heavy atom. The molecule has 26 heavy (non-hydrogen) atoms. The minimum Gasteiger partial charge on any atom is -0.488 e. The Bertz CT molecular complexity index is 762. The normalized spacial score (nSPS) is 23.5. The van der Waals surface area contributed by atoms with Gasteiger partial charge in [-0.15, -0.1) is 0 Å². The van der Waals surface area contributed by atoms with Crippen LogP contribution < -0.4 is 10.6 Å². The van der Waals surface area contributed by atoms with E-state index in [0.29, 0.717) is 36.6 Å². The maximum Gasteiger partial charge on any atom is 0.151 e. The molecule has 1 aliphatic heterocycles. The summed E-state index contributed by atoms with van der Waals surface area (Å²) in [6, 6.07) is 1.07. The number of β-amino-alcohol motifs (C(OH)–C–C–N with tert-alkyl or cyclic N) is 1. The summed E-state index contributed by atoms with van der Waals surface area (Å²) in [5, 5.41) is 18.2. The Kier molecular flexibility index (Phi) is 5.33. The molecule has 8 heteroatoms. The van der Waals surface area contributed by atoms with Crippen LogP contribution in [0.25, 0.3) is 0 Å². The van der Waals surface area contributed by atoms with Crippen molar-refractivity contribution in [2.24, 2.45) is 5.73 Å². The number of aromatic nitrogens is 2. The number of nitrogens with zero attached hydrogens (tertiary/aromatic N) is 3. The van der Waals surface area contributed by atoms with Gasteiger partial charge in [0.1, 0.15) is 18.0 Å². The molecule has 2 aliphatic rings. The third kappa shape index (κ3) is 3.91. The SMILES string of the molecule is CC(C)OC1=C(F)CC(N)C(C(=N)c2cc(N3CC[C@@H](O)C3)ncn2)=C1. The molecule has 0 radical (unpaired) electrons. The second-order valence-electron chi connectivity index (χ2n) is 6.87. The topological polar surface area (TPSA) is 108 Å². The van der Waals surface area contributed by atoms with Crippen LogP contribution in [-0.4, -0.2) is 52.1 Å². The summed E-state index contributed by atoms with van der Waals surface area (Å²) >= 11 is 0. The predicted molar refractivity (Wildman–Crippen MR) is 96.7 cm³/mol. The van der Waals surface area contributed by atoms with Crippen molar-refractivity contribution in [3.05, 3.63) is 41.3 Å². The van der Waals surface area contributed by atoms with Crippen LogP contribution >= 0.6 is 0 Å². The number of allylic oxidation sites excluding steroid dienone is 1. The molecule has 4 N–H and O–H groups in total. The van der Waals surface area contributed by atoms with Gasteiger partial charge in [-0.3, -0.25) is 5.41 Å². The molecule has 3 rings (SSSR count). The second kappa shape index (κ2) is 7.51. The van der Waals surface area contributed by atoms with Gasteiger partial charge in [0.05, 0.1) is 23.6 Å². The van der Waals surface area contributed by atoms with Gasteiger partial charge in [0.2, 0.25) is 0 Å². The highest BCUT2D eigenvalue weighted by atomic mass is 19.1. The van der Waals surface area contributed by atoms with E-state index in [2.05, 4.69) is 9.97 Å². The summed E-state index contributed by atoms with van der Waals surface area (Å²) in [5.41, 5.74) is 7.06. The number of anilines is 1. The first-order valence-corrected chi connectivity index (χ1v) is 8.72. The zero-order valence-corrected chi connectivity index (χ0v) is 14.9. The van der Waals surface area contributed by atoms with Crippen LogP contribution in [0.2, 0.25) is 0 Å². The van der Waals surface area contributed by atoms with Gasteiger partial charge in [0.25, 0.3) is 0 Å². The van der Waals surface area contributed by atoms with Crippen molar-refractivity contribution in [2.75, 3.05) is 18.0 Å². The number of halogens is 1. The minimum atomic E-state index is -0.631. The molecular weight excluding hydrogens is 337 g/mol. The maximum atomic E-state index is 14.1. The van der Waals surface area contributed by atoms with Crippen LogP contribution in [0.5, 0.6) is 0 Å². The maximum absolute atomic E-state index is 14.1. The lowest BCUT2D eigenvalue weighted by Crippen LogP contribution is -2.31. The molecule has 0 spiro atoms. The number of nitrogens with two attached hydrogens (primary N) is 1. The molecule has 2 heterocycles. The van der Waals surface area contributed by atoms with Crippen LogP contribution in [0.15, 0.2) is 35.6 Å². The number of ether oxygens (including phenoxy) is 1. The number of aliphatic hydroxyl groups is 1. The first-order valence-electron chi connectivity index (χ1n) is 8.72. The monoisotopic (exact) mass is 361 g/mol. The largest absolute Gasteiger partial charge is 0.488 e. The fourth-order valence-corrected chi connectivity index (χ4v) is 3.09. The van der Waals surface area contributed by atoms with Gasteiger partial charge in [-0.25, -0.2) is 14.4 Å². The average Bonchev–Trinajstić information content (AvgIpc) is 3.03. The molecule has 7 nitrogen and oxygen atoms in total. The van der Waals surface area contributed by atoms with E-state index < -0.39 is 11.9 Å². The smallest absolute Gasteiger partial charge is 0.151 e. The highest BCUT2D eigenvalue weighted by Crippen LogP contribution is 2.28. The van der Waals surface area contributed by atoms with Crippen molar-refractivity contribution in [1.29, 1.82) is 5.41 Å². The number of nitrogens with one attached hydrogen (secondary N) is 1. The van der Waals surface area contributed by atoms with E-state index in [1.165, 1.54) is 12.4 Å². The zero-order valence-electron chi connectivity index (χ0n) is 14.9. The molecule has 1 fully saturated rings. The summed E-state index contributed by atoms with van der Waals surface area (Å²) in [5.74, 6) is 0.372. The third-order valence-electron chi connectivity index (χ3n) is 4.40. The molecular formula is C18H24FN5O2. The summed E-state index contributed by atoms with van der Waals surface area (Å²) in [7, 11) is 0. The van der Waals surface area contributed by atoms with Crippen LogP contribution in [-0.2, 0) is 4.74 Å². The summed E-state index contributed by atoms with van der Waals surface area (Å²) in [6.07, 6.45) is 3.02. The van der Waals surface area contributed by atoms with Crippen LogP contribution in [0.4, 0.5) is 10.2 Å². The highest BCUT2D eigenvalue weighted by molar-refractivity contribution is 6.10. The Morgan fingerprint density at radius 1 is 1.46 bits per heavy atom. The van der Waals surface area contributed by atoms with E-state index in [9.17, 15) is 9.50 Å². The first kappa shape index (κ1) is 18.5. The fourth-order valence-electron chi connectivity index (χ4n) is 3.09. The van der Waals surface area contributed by atoms with Gasteiger partial charge in [0, 0.05) is 37.2 Å². The van der Waals surface area contributed by atoms with Crippen LogP contribution in [0, 0.1) is 5.41 Å². The molecule has 1 saturated heterocycles. The summed E-state index contributed by atoms with van der Waals surface area (Å²) < 4.78 is 19.6. The van der Waals surface area contributed by atoms with Gasteiger partial charge in [-0.2, -0.15) is 0 Å². The summed E-state index contributed by atoms with van der Waals surface area (Å²) in [4.78, 5) is 10.4. The number of aliphatic hydroxyl groups excluding tert-OH is 1. The predicted octanol–water partition coefficient (Wildman–Crippen LogP) is 1.68. The van der Waals surface area contributed by atoms with E-state index in [1.807, 2.05) is 18.7 Å². The molecule has 1 unspecified atom stereocenters. The zero-order chi connectivity index (χ0) is 18.8. The van der Waals surface area contributed by atoms with Gasteiger partial charge in [-0.05, 0) is 26.3 Å². The van der Waals surface area contributed by atoms with Crippen molar-refractivity contribution >= 4 is 11.5 Å². The van der Waals surface area contributed by atoms with Crippen molar-refractivity contribution in [2.45, 2.75) is 44.9 Å². The second-order valence-corrected chi connectivity index (χ2v) is 6.87. The van der Waals surface area contributed by atoms with E-state index in [-0.39, 0.29) is 30.1 Å². The molecule has 1 aromatic heterocycles. The molecule has 0 saturated carbocycles. The van der Waals surface area contributed by atoms with Crippen molar-refractivity contribution in [3.63, 3.8) is 0 Å². The number of rotatable bonds is 5. The molecule has 140 valence electrons. The van der Waals surface area contributed by atoms with Crippen molar-refractivity contribution < 1.29 is 14.2 Å². The molecule has 1 aliphatic carbocycles. The van der Waals surface area contributed by atoms with Crippen LogP contribution in [0.1, 0.15) is 32.4 Å². The molecule has 0 bridgehead atoms. The molecule has 0 aromatic carbocycles. The Hall–Kier alpha value is -2.32. The highest BCUT2D eigenvalue weighted by Gasteiger charge is 2.27. The average molecular weight is 361 g/mol. The lowest BCUT2D eigenvalue weighted by molar-refractivity contribution is 0.147. The van der Waals surface area contributed by atoms with Crippen molar-refractivity contribution in [1.82, 2.24) is 9.97 Å². The third-order valence-corrected chi connectivity index (χ3v) is 4.40. The van der Waals surface area contributed by atoms with E-state index in [0.717, 1.165) is 0 Å². The van der Waals surface area contributed by atoms with Gasteiger partial charge < -0.3 is 20.5 Å². The van der Waals surface area contributed by atoms with E-state index in [1.54, 1.807) is 6.07 Å². The minimum absolute atomic E-state index is 0.00742. The van der Waals surface area contributed by atoms with E-state index >= 15 is 0 Å². The Morgan fingerprint density at radius 3 is 2.88 bits per heavy atom. The lowest BCUT2D eigenvalue weighted by atomic mass is 9.92. The number of hydrogen-bond acceptors (Lipinski definition) is 7. The standard InChI is InChI=1S/C18H24FN5O2/c1-10(2)26-16-5-12(14(20)6-13(16)19)18(21)15-7-17(23-9-22-15)24-4-3-11(25)8-24/h5,7,9-11,14,21,25H,3-4,6,8,20H2,1-2H3/t11-,14?/m1/s1. The molecule has 1 aromatic rings. The van der Waals surface area contributed by atoms with Gasteiger partial charge in [-0.1, -0.05) is 0 Å². The van der Waals surface area contributed by atoms with Crippen LogP contribution in [0.3, 0.4) is 0 Å². The Labute approximate surface area is 151 Å². The fraction of sp³-hybridized carbons (Fsp3) is 0.500. The number of hydrogen-bond donors (Lipinski definition) is 3. The van der Waals surface area contributed by atoms with Gasteiger partial charge >= 0.3 is 0 Å².